The minimum Gasteiger partial charge on any atom is -0.494 e. The lowest BCUT2D eigenvalue weighted by atomic mass is 10.3. The number of urea groups is 1. The van der Waals surface area contributed by atoms with Crippen LogP contribution < -0.4 is 15.4 Å². The molecule has 0 unspecified atom stereocenters. The molecule has 0 aliphatic rings. The summed E-state index contributed by atoms with van der Waals surface area (Å²) in [4.78, 5) is 16.3. The second-order valence-electron chi connectivity index (χ2n) is 4.49. The van der Waals surface area contributed by atoms with Crippen molar-refractivity contribution in [3.63, 3.8) is 0 Å². The van der Waals surface area contributed by atoms with Gasteiger partial charge in [0.05, 0.1) is 18.8 Å². The Morgan fingerprint density at radius 3 is 2.86 bits per heavy atom. The number of nitrogens with zero attached hydrogens (tertiary/aromatic N) is 1. The summed E-state index contributed by atoms with van der Waals surface area (Å²) in [6.45, 7) is 3.75. The molecule has 5 nitrogen and oxygen atoms in total. The highest BCUT2D eigenvalue weighted by atomic mass is 32.1. The molecule has 2 amide bonds. The number of methoxy groups -OCH3 is 1. The van der Waals surface area contributed by atoms with Gasteiger partial charge in [-0.1, -0.05) is 0 Å². The van der Waals surface area contributed by atoms with E-state index in [1.54, 1.807) is 0 Å². The van der Waals surface area contributed by atoms with Crippen molar-refractivity contribution in [2.45, 2.75) is 19.9 Å². The highest BCUT2D eigenvalue weighted by molar-refractivity contribution is 7.09. The lowest BCUT2D eigenvalue weighted by Gasteiger charge is -2.14. The maximum atomic E-state index is 13.1. The van der Waals surface area contributed by atoms with Crippen molar-refractivity contribution < 1.29 is 13.9 Å². The van der Waals surface area contributed by atoms with Gasteiger partial charge in [-0.25, -0.2) is 14.2 Å². The normalized spacial score (nSPS) is 11.8. The Kier molecular flexibility index (Phi) is 4.74. The zero-order chi connectivity index (χ0) is 15.4. The molecule has 0 spiro atoms. The zero-order valence-corrected chi connectivity index (χ0v) is 12.8. The van der Waals surface area contributed by atoms with Gasteiger partial charge < -0.3 is 15.4 Å². The molecule has 1 aromatic heterocycles. The van der Waals surface area contributed by atoms with Crippen LogP contribution in [0.5, 0.6) is 5.75 Å². The van der Waals surface area contributed by atoms with Crippen LogP contribution in [-0.4, -0.2) is 18.1 Å². The summed E-state index contributed by atoms with van der Waals surface area (Å²) in [6, 6.07) is 3.30. The first kappa shape index (κ1) is 15.2. The lowest BCUT2D eigenvalue weighted by Crippen LogP contribution is -2.31. The van der Waals surface area contributed by atoms with Crippen LogP contribution in [-0.2, 0) is 0 Å². The second kappa shape index (κ2) is 6.53. The van der Waals surface area contributed by atoms with Crippen LogP contribution >= 0.6 is 11.3 Å². The van der Waals surface area contributed by atoms with Crippen molar-refractivity contribution in [1.29, 1.82) is 0 Å². The number of carbonyl (C=O) groups excluding carboxylic acids is 1. The number of amides is 2. The fourth-order valence-electron chi connectivity index (χ4n) is 1.76. The Morgan fingerprint density at radius 2 is 2.24 bits per heavy atom. The maximum absolute atomic E-state index is 13.1. The second-order valence-corrected chi connectivity index (χ2v) is 5.38. The number of carbonyl (C=O) groups is 1. The van der Waals surface area contributed by atoms with E-state index in [0.29, 0.717) is 5.69 Å². The van der Waals surface area contributed by atoms with Crippen molar-refractivity contribution >= 4 is 23.1 Å². The number of benzene rings is 1. The Morgan fingerprint density at radius 1 is 1.48 bits per heavy atom. The molecule has 0 bridgehead atoms. The highest BCUT2D eigenvalue weighted by Gasteiger charge is 2.14. The Bertz CT molecular complexity index is 645. The summed E-state index contributed by atoms with van der Waals surface area (Å²) in [5.74, 6) is -0.160. The third-order valence-corrected chi connectivity index (χ3v) is 3.91. The molecule has 1 atom stereocenters. The van der Waals surface area contributed by atoms with Crippen LogP contribution in [0.4, 0.5) is 14.9 Å². The summed E-state index contributed by atoms with van der Waals surface area (Å²) in [6.07, 6.45) is 0. The first-order valence-corrected chi connectivity index (χ1v) is 7.20. The van der Waals surface area contributed by atoms with Gasteiger partial charge >= 0.3 is 6.03 Å². The summed E-state index contributed by atoms with van der Waals surface area (Å²) >= 11 is 1.49. The molecule has 1 aromatic carbocycles. The van der Waals surface area contributed by atoms with Crippen LogP contribution in [0.1, 0.15) is 23.7 Å². The molecule has 0 aliphatic carbocycles. The van der Waals surface area contributed by atoms with Crippen LogP contribution in [0, 0.1) is 12.7 Å². The van der Waals surface area contributed by atoms with Gasteiger partial charge in [0.15, 0.2) is 0 Å². The van der Waals surface area contributed by atoms with Crippen LogP contribution in [0.2, 0.25) is 0 Å². The van der Waals surface area contributed by atoms with Crippen LogP contribution in [0.3, 0.4) is 0 Å². The average molecular weight is 309 g/mol. The van der Waals surface area contributed by atoms with Crippen LogP contribution in [0.15, 0.2) is 23.6 Å². The molecule has 7 heteroatoms. The van der Waals surface area contributed by atoms with E-state index in [4.69, 9.17) is 4.74 Å². The first-order valence-electron chi connectivity index (χ1n) is 6.32. The van der Waals surface area contributed by atoms with Gasteiger partial charge in [0.2, 0.25) is 0 Å². The molecule has 2 rings (SSSR count). The van der Waals surface area contributed by atoms with Crippen LogP contribution in [0.25, 0.3) is 0 Å². The lowest BCUT2D eigenvalue weighted by molar-refractivity contribution is 0.249. The quantitative estimate of drug-likeness (QED) is 0.909. The molecule has 0 saturated carbocycles. The number of ether oxygens (including phenoxy) is 1. The standard InChI is InChI=1S/C14H16FN3O2S/c1-8-7-21-13(16-8)9(2)17-14(19)18-11-5-4-10(15)6-12(11)20-3/h4-7,9H,1-3H3,(H2,17,18,19)/t9-/m1/s1. The third kappa shape index (κ3) is 3.91. The number of hydrogen-bond acceptors (Lipinski definition) is 4. The number of thiazole rings is 1. The van der Waals surface area contributed by atoms with E-state index in [-0.39, 0.29) is 11.8 Å². The molecule has 2 N–H and O–H groups in total. The zero-order valence-electron chi connectivity index (χ0n) is 11.9. The molecule has 0 aliphatic heterocycles. The Balaban J connectivity index is 2.01. The van der Waals surface area contributed by atoms with Crippen molar-refractivity contribution in [3.8, 4) is 5.75 Å². The molecule has 112 valence electrons. The molecular weight excluding hydrogens is 293 g/mol. The van der Waals surface area contributed by atoms with E-state index < -0.39 is 11.8 Å². The van der Waals surface area contributed by atoms with Crippen molar-refractivity contribution in [2.24, 2.45) is 0 Å². The van der Waals surface area contributed by atoms with Crippen molar-refractivity contribution in [2.75, 3.05) is 12.4 Å². The number of anilines is 1. The van der Waals surface area contributed by atoms with E-state index in [1.165, 1.54) is 36.6 Å². The molecular formula is C14H16FN3O2S. The average Bonchev–Trinajstić information content (AvgIpc) is 2.87. The van der Waals surface area contributed by atoms with E-state index in [1.807, 2.05) is 19.2 Å². The Labute approximate surface area is 126 Å². The summed E-state index contributed by atoms with van der Waals surface area (Å²) < 4.78 is 18.1. The Hall–Kier alpha value is -2.15. The van der Waals surface area contributed by atoms with Gasteiger partial charge in [0, 0.05) is 17.1 Å². The van der Waals surface area contributed by atoms with E-state index in [0.717, 1.165) is 10.7 Å². The number of rotatable bonds is 4. The van der Waals surface area contributed by atoms with E-state index >= 15 is 0 Å². The minimum absolute atomic E-state index is 0.213. The number of aryl methyl sites for hydroxylation is 1. The SMILES string of the molecule is COc1cc(F)ccc1NC(=O)N[C@H](C)c1nc(C)cs1. The smallest absolute Gasteiger partial charge is 0.319 e. The number of hydrogen-bond donors (Lipinski definition) is 2. The first-order chi connectivity index (χ1) is 9.99. The van der Waals surface area contributed by atoms with Crippen molar-refractivity contribution in [1.82, 2.24) is 10.3 Å². The van der Waals surface area contributed by atoms with Gasteiger partial charge in [0.1, 0.15) is 16.6 Å². The molecule has 21 heavy (non-hydrogen) atoms. The van der Waals surface area contributed by atoms with Gasteiger partial charge in [-0.05, 0) is 26.0 Å². The summed E-state index contributed by atoms with van der Waals surface area (Å²) in [5, 5.41) is 8.16. The summed E-state index contributed by atoms with van der Waals surface area (Å²) in [7, 11) is 1.42. The molecule has 1 heterocycles. The topological polar surface area (TPSA) is 63.2 Å². The van der Waals surface area contributed by atoms with Gasteiger partial charge in [-0.3, -0.25) is 0 Å². The molecule has 0 saturated heterocycles. The molecule has 0 radical (unpaired) electrons. The predicted octanol–water partition coefficient (Wildman–Crippen LogP) is 3.48. The highest BCUT2D eigenvalue weighted by Crippen LogP contribution is 2.25. The monoisotopic (exact) mass is 309 g/mol. The van der Waals surface area contributed by atoms with Crippen molar-refractivity contribution in [3.05, 3.63) is 40.1 Å². The summed E-state index contributed by atoms with van der Waals surface area (Å²) in [5.41, 5.74) is 1.32. The molecule has 2 aromatic rings. The minimum atomic E-state index is -0.426. The molecule has 0 fully saturated rings. The third-order valence-electron chi connectivity index (χ3n) is 2.77. The number of halogens is 1. The predicted molar refractivity (Wildman–Crippen MR) is 80.4 cm³/mol. The van der Waals surface area contributed by atoms with Gasteiger partial charge in [0.25, 0.3) is 0 Å². The maximum Gasteiger partial charge on any atom is 0.319 e. The number of aromatic nitrogens is 1. The van der Waals surface area contributed by atoms with E-state index in [2.05, 4.69) is 15.6 Å². The fourth-order valence-corrected chi connectivity index (χ4v) is 2.56. The fraction of sp³-hybridized carbons (Fsp3) is 0.286. The largest absolute Gasteiger partial charge is 0.494 e. The van der Waals surface area contributed by atoms with Gasteiger partial charge in [-0.2, -0.15) is 0 Å². The number of nitrogens with one attached hydrogen (secondary N) is 2. The van der Waals surface area contributed by atoms with E-state index in [9.17, 15) is 9.18 Å². The van der Waals surface area contributed by atoms with Gasteiger partial charge in [-0.15, -0.1) is 11.3 Å².